The average Bonchev–Trinajstić information content (AvgIpc) is 2.29. The molecule has 1 atom stereocenters. The SMILES string of the molecule is c1cncc(CS[C@@H]2CCCNC2)c1. The van der Waals surface area contributed by atoms with E-state index in [1.54, 1.807) is 0 Å². The molecule has 1 aromatic heterocycles. The second kappa shape index (κ2) is 5.37. The Bertz CT molecular complexity index is 257. The third-order valence-corrected chi connectivity index (χ3v) is 3.83. The molecule has 0 radical (unpaired) electrons. The van der Waals surface area contributed by atoms with Crippen LogP contribution < -0.4 is 5.32 Å². The zero-order valence-electron chi connectivity index (χ0n) is 8.28. The second-order valence-electron chi connectivity index (χ2n) is 3.64. The van der Waals surface area contributed by atoms with Gasteiger partial charge in [0.05, 0.1) is 0 Å². The van der Waals surface area contributed by atoms with Gasteiger partial charge < -0.3 is 5.32 Å². The van der Waals surface area contributed by atoms with Crippen LogP contribution in [0.25, 0.3) is 0 Å². The van der Waals surface area contributed by atoms with Gasteiger partial charge in [0.2, 0.25) is 0 Å². The van der Waals surface area contributed by atoms with E-state index in [4.69, 9.17) is 0 Å². The van der Waals surface area contributed by atoms with Crippen molar-refractivity contribution in [1.82, 2.24) is 10.3 Å². The number of nitrogens with one attached hydrogen (secondary N) is 1. The van der Waals surface area contributed by atoms with Crippen LogP contribution in [0.3, 0.4) is 0 Å². The number of piperidine rings is 1. The summed E-state index contributed by atoms with van der Waals surface area (Å²) in [4.78, 5) is 4.12. The number of hydrogen-bond donors (Lipinski definition) is 1. The Morgan fingerprint density at radius 3 is 3.29 bits per heavy atom. The van der Waals surface area contributed by atoms with Crippen molar-refractivity contribution < 1.29 is 0 Å². The van der Waals surface area contributed by atoms with Crippen molar-refractivity contribution in [2.24, 2.45) is 0 Å². The molecule has 1 saturated heterocycles. The normalized spacial score (nSPS) is 22.1. The van der Waals surface area contributed by atoms with E-state index >= 15 is 0 Å². The fourth-order valence-electron chi connectivity index (χ4n) is 1.66. The van der Waals surface area contributed by atoms with E-state index < -0.39 is 0 Å². The van der Waals surface area contributed by atoms with Gasteiger partial charge in [0.15, 0.2) is 0 Å². The van der Waals surface area contributed by atoms with E-state index in [1.807, 2.05) is 30.2 Å². The zero-order valence-corrected chi connectivity index (χ0v) is 9.09. The van der Waals surface area contributed by atoms with Crippen molar-refractivity contribution in [2.75, 3.05) is 13.1 Å². The molecule has 0 aliphatic carbocycles. The van der Waals surface area contributed by atoms with Crippen LogP contribution in [-0.4, -0.2) is 23.3 Å². The molecule has 0 aromatic carbocycles. The molecule has 1 N–H and O–H groups in total. The van der Waals surface area contributed by atoms with Gasteiger partial charge in [-0.2, -0.15) is 11.8 Å². The Kier molecular flexibility index (Phi) is 3.83. The Morgan fingerprint density at radius 1 is 1.57 bits per heavy atom. The Balaban J connectivity index is 1.76. The molecule has 3 heteroatoms. The summed E-state index contributed by atoms with van der Waals surface area (Å²) in [5, 5.41) is 4.23. The van der Waals surface area contributed by atoms with Crippen molar-refractivity contribution in [3.8, 4) is 0 Å². The summed E-state index contributed by atoms with van der Waals surface area (Å²) in [6.45, 7) is 2.37. The molecule has 0 amide bonds. The summed E-state index contributed by atoms with van der Waals surface area (Å²) in [6.07, 6.45) is 6.47. The minimum Gasteiger partial charge on any atom is -0.316 e. The number of rotatable bonds is 3. The number of nitrogens with zero attached hydrogens (tertiary/aromatic N) is 1. The molecule has 2 rings (SSSR count). The van der Waals surface area contributed by atoms with Crippen molar-refractivity contribution >= 4 is 11.8 Å². The summed E-state index contributed by atoms with van der Waals surface area (Å²) in [5.41, 5.74) is 1.34. The molecule has 1 aromatic rings. The maximum atomic E-state index is 4.12. The molecule has 1 fully saturated rings. The molecule has 0 spiro atoms. The van der Waals surface area contributed by atoms with Crippen LogP contribution in [0.1, 0.15) is 18.4 Å². The molecule has 2 heterocycles. The van der Waals surface area contributed by atoms with Crippen molar-refractivity contribution in [1.29, 1.82) is 0 Å². The Hall–Kier alpha value is -0.540. The Labute approximate surface area is 89.5 Å². The largest absolute Gasteiger partial charge is 0.316 e. The predicted octanol–water partition coefficient (Wildman–Crippen LogP) is 2.07. The van der Waals surface area contributed by atoms with E-state index in [9.17, 15) is 0 Å². The minimum atomic E-state index is 0.795. The average molecular weight is 208 g/mol. The van der Waals surface area contributed by atoms with Crippen LogP contribution in [0.5, 0.6) is 0 Å². The highest BCUT2D eigenvalue weighted by atomic mass is 32.2. The lowest BCUT2D eigenvalue weighted by molar-refractivity contribution is 0.531. The summed E-state index contributed by atoms with van der Waals surface area (Å²) < 4.78 is 0. The fraction of sp³-hybridized carbons (Fsp3) is 0.545. The van der Waals surface area contributed by atoms with E-state index in [0.717, 1.165) is 11.0 Å². The van der Waals surface area contributed by atoms with Crippen molar-refractivity contribution in [3.05, 3.63) is 30.1 Å². The topological polar surface area (TPSA) is 24.9 Å². The highest BCUT2D eigenvalue weighted by molar-refractivity contribution is 7.99. The van der Waals surface area contributed by atoms with Gasteiger partial charge in [-0.25, -0.2) is 0 Å². The van der Waals surface area contributed by atoms with Gasteiger partial charge in [-0.3, -0.25) is 4.98 Å². The third kappa shape index (κ3) is 3.00. The maximum Gasteiger partial charge on any atom is 0.0308 e. The number of thioether (sulfide) groups is 1. The minimum absolute atomic E-state index is 0.795. The standard InChI is InChI=1S/C11H16N2S/c1-3-10(7-12-5-1)9-14-11-4-2-6-13-8-11/h1,3,5,7,11,13H,2,4,6,8-9H2/t11-/m1/s1. The van der Waals surface area contributed by atoms with Crippen LogP contribution in [0.15, 0.2) is 24.5 Å². The maximum absolute atomic E-state index is 4.12. The molecule has 0 bridgehead atoms. The van der Waals surface area contributed by atoms with Gasteiger partial charge in [-0.1, -0.05) is 6.07 Å². The van der Waals surface area contributed by atoms with Gasteiger partial charge in [0.25, 0.3) is 0 Å². The molecule has 0 saturated carbocycles. The molecule has 14 heavy (non-hydrogen) atoms. The molecule has 2 nitrogen and oxygen atoms in total. The third-order valence-electron chi connectivity index (χ3n) is 2.46. The van der Waals surface area contributed by atoms with Crippen LogP contribution in [0.4, 0.5) is 0 Å². The molecular weight excluding hydrogens is 192 g/mol. The lowest BCUT2D eigenvalue weighted by atomic mass is 10.2. The first-order valence-electron chi connectivity index (χ1n) is 5.16. The van der Waals surface area contributed by atoms with Gasteiger partial charge in [-0.15, -0.1) is 0 Å². The number of pyridine rings is 1. The molecule has 1 aliphatic heterocycles. The van der Waals surface area contributed by atoms with Gasteiger partial charge >= 0.3 is 0 Å². The molecule has 76 valence electrons. The fourth-order valence-corrected chi connectivity index (χ4v) is 2.83. The lowest BCUT2D eigenvalue weighted by Crippen LogP contribution is -2.31. The second-order valence-corrected chi connectivity index (χ2v) is 4.93. The highest BCUT2D eigenvalue weighted by Crippen LogP contribution is 2.22. The van der Waals surface area contributed by atoms with Crippen LogP contribution in [0.2, 0.25) is 0 Å². The van der Waals surface area contributed by atoms with Crippen molar-refractivity contribution in [3.63, 3.8) is 0 Å². The number of hydrogen-bond acceptors (Lipinski definition) is 3. The molecule has 0 unspecified atom stereocenters. The summed E-state index contributed by atoms with van der Waals surface area (Å²) in [6, 6.07) is 4.16. The predicted molar refractivity (Wildman–Crippen MR) is 61.4 cm³/mol. The van der Waals surface area contributed by atoms with Gasteiger partial charge in [-0.05, 0) is 31.0 Å². The van der Waals surface area contributed by atoms with Crippen LogP contribution >= 0.6 is 11.8 Å². The lowest BCUT2D eigenvalue weighted by Gasteiger charge is -2.21. The van der Waals surface area contributed by atoms with Crippen molar-refractivity contribution in [2.45, 2.75) is 23.8 Å². The van der Waals surface area contributed by atoms with Gasteiger partial charge in [0.1, 0.15) is 0 Å². The van der Waals surface area contributed by atoms with Crippen LogP contribution in [-0.2, 0) is 5.75 Å². The van der Waals surface area contributed by atoms with E-state index in [-0.39, 0.29) is 0 Å². The monoisotopic (exact) mass is 208 g/mol. The van der Waals surface area contributed by atoms with Gasteiger partial charge in [0, 0.05) is 29.9 Å². The summed E-state index contributed by atoms with van der Waals surface area (Å²) in [7, 11) is 0. The smallest absolute Gasteiger partial charge is 0.0308 e. The van der Waals surface area contributed by atoms with E-state index in [1.165, 1.54) is 31.5 Å². The zero-order chi connectivity index (χ0) is 9.64. The highest BCUT2D eigenvalue weighted by Gasteiger charge is 2.12. The quantitative estimate of drug-likeness (QED) is 0.823. The first-order chi connectivity index (χ1) is 6.95. The van der Waals surface area contributed by atoms with Crippen LogP contribution in [0, 0.1) is 0 Å². The molecular formula is C11H16N2S. The van der Waals surface area contributed by atoms with E-state index in [2.05, 4.69) is 16.4 Å². The summed E-state index contributed by atoms with van der Waals surface area (Å²) >= 11 is 2.05. The first kappa shape index (κ1) is 9.99. The first-order valence-corrected chi connectivity index (χ1v) is 6.21. The Morgan fingerprint density at radius 2 is 2.57 bits per heavy atom. The molecule has 1 aliphatic rings. The van der Waals surface area contributed by atoms with E-state index in [0.29, 0.717) is 0 Å². The summed E-state index contributed by atoms with van der Waals surface area (Å²) in [5.74, 6) is 1.10. The number of aromatic nitrogens is 1.